The molecular weight excluding hydrogens is 372 g/mol. The van der Waals surface area contributed by atoms with E-state index < -0.39 is 0 Å². The topological polar surface area (TPSA) is 49.4 Å². The Morgan fingerprint density at radius 3 is 2.20 bits per heavy atom. The lowest BCUT2D eigenvalue weighted by Gasteiger charge is -2.39. The molecule has 158 valence electrons. The SMILES string of the molecule is CC(NC(=O)C1CC(c2ccccc2)CN(C(=O)C2CCCC2)C1)c1ccccc1. The van der Waals surface area contributed by atoms with Crippen molar-refractivity contribution in [3.8, 4) is 0 Å². The van der Waals surface area contributed by atoms with Crippen molar-refractivity contribution in [3.05, 3.63) is 71.8 Å². The normalized spacial score (nSPS) is 23.2. The molecule has 30 heavy (non-hydrogen) atoms. The van der Waals surface area contributed by atoms with Crippen LogP contribution >= 0.6 is 0 Å². The van der Waals surface area contributed by atoms with Gasteiger partial charge in [-0.05, 0) is 37.3 Å². The van der Waals surface area contributed by atoms with Gasteiger partial charge >= 0.3 is 0 Å². The zero-order valence-corrected chi connectivity index (χ0v) is 17.8. The number of nitrogens with zero attached hydrogens (tertiary/aromatic N) is 1. The minimum atomic E-state index is -0.180. The quantitative estimate of drug-likeness (QED) is 0.786. The van der Waals surface area contributed by atoms with Crippen LogP contribution in [0, 0.1) is 11.8 Å². The molecule has 2 aliphatic rings. The Kier molecular flexibility index (Phi) is 6.51. The number of carbonyl (C=O) groups excluding carboxylic acids is 2. The van der Waals surface area contributed by atoms with Crippen LogP contribution in [-0.4, -0.2) is 29.8 Å². The van der Waals surface area contributed by atoms with Gasteiger partial charge in [0.25, 0.3) is 0 Å². The highest BCUT2D eigenvalue weighted by Crippen LogP contribution is 2.34. The van der Waals surface area contributed by atoms with Crippen LogP contribution in [0.1, 0.15) is 62.1 Å². The van der Waals surface area contributed by atoms with Crippen LogP contribution in [-0.2, 0) is 9.59 Å². The number of benzene rings is 2. The van der Waals surface area contributed by atoms with Crippen LogP contribution in [0.3, 0.4) is 0 Å². The zero-order chi connectivity index (χ0) is 20.9. The van der Waals surface area contributed by atoms with Gasteiger partial charge in [0.05, 0.1) is 12.0 Å². The number of piperidine rings is 1. The Balaban J connectivity index is 1.50. The number of nitrogens with one attached hydrogen (secondary N) is 1. The standard InChI is InChI=1S/C26H32N2O2/c1-19(20-10-4-2-5-11-20)27-25(29)24-16-23(21-12-6-3-7-13-21)17-28(18-24)26(30)22-14-8-9-15-22/h2-7,10-13,19,22-24H,8-9,14-18H2,1H3,(H,27,29). The van der Waals surface area contributed by atoms with Gasteiger partial charge in [0.2, 0.25) is 11.8 Å². The average Bonchev–Trinajstić information content (AvgIpc) is 3.34. The van der Waals surface area contributed by atoms with Gasteiger partial charge in [0.15, 0.2) is 0 Å². The lowest BCUT2D eigenvalue weighted by Crippen LogP contribution is -2.49. The second-order valence-corrected chi connectivity index (χ2v) is 8.91. The van der Waals surface area contributed by atoms with E-state index in [0.717, 1.165) is 44.2 Å². The van der Waals surface area contributed by atoms with Crippen LogP contribution in [0.4, 0.5) is 0 Å². The fourth-order valence-corrected chi connectivity index (χ4v) is 5.02. The third kappa shape index (κ3) is 4.75. The molecule has 4 rings (SSSR count). The van der Waals surface area contributed by atoms with E-state index in [1.54, 1.807) is 0 Å². The highest BCUT2D eigenvalue weighted by Gasteiger charge is 2.37. The highest BCUT2D eigenvalue weighted by molar-refractivity contribution is 5.83. The minimum Gasteiger partial charge on any atom is -0.349 e. The van der Waals surface area contributed by atoms with Gasteiger partial charge < -0.3 is 10.2 Å². The van der Waals surface area contributed by atoms with E-state index in [2.05, 4.69) is 17.4 Å². The average molecular weight is 405 g/mol. The van der Waals surface area contributed by atoms with Crippen molar-refractivity contribution in [3.63, 3.8) is 0 Å². The number of likely N-dealkylation sites (tertiary alicyclic amines) is 1. The second-order valence-electron chi connectivity index (χ2n) is 8.91. The van der Waals surface area contributed by atoms with Gasteiger partial charge in [-0.2, -0.15) is 0 Å². The smallest absolute Gasteiger partial charge is 0.225 e. The number of hydrogen-bond acceptors (Lipinski definition) is 2. The van der Waals surface area contributed by atoms with E-state index in [-0.39, 0.29) is 35.6 Å². The summed E-state index contributed by atoms with van der Waals surface area (Å²) in [6.45, 7) is 3.27. The van der Waals surface area contributed by atoms with Crippen LogP contribution in [0.5, 0.6) is 0 Å². The van der Waals surface area contributed by atoms with Crippen LogP contribution in [0.2, 0.25) is 0 Å². The molecule has 2 aromatic rings. The van der Waals surface area contributed by atoms with Gasteiger partial charge in [0, 0.05) is 24.9 Å². The van der Waals surface area contributed by atoms with E-state index in [0.29, 0.717) is 6.54 Å². The predicted molar refractivity (Wildman–Crippen MR) is 119 cm³/mol. The largest absolute Gasteiger partial charge is 0.349 e. The van der Waals surface area contributed by atoms with Crippen LogP contribution < -0.4 is 5.32 Å². The predicted octanol–water partition coefficient (Wildman–Crippen LogP) is 4.69. The number of rotatable bonds is 5. The lowest BCUT2D eigenvalue weighted by molar-refractivity contribution is -0.139. The van der Waals surface area contributed by atoms with E-state index in [4.69, 9.17) is 0 Å². The fourth-order valence-electron chi connectivity index (χ4n) is 5.02. The minimum absolute atomic E-state index is 0.0465. The summed E-state index contributed by atoms with van der Waals surface area (Å²) in [5.74, 6) is 0.471. The van der Waals surface area contributed by atoms with E-state index in [9.17, 15) is 9.59 Å². The summed E-state index contributed by atoms with van der Waals surface area (Å²) >= 11 is 0. The molecular formula is C26H32N2O2. The Morgan fingerprint density at radius 1 is 0.900 bits per heavy atom. The molecule has 0 bridgehead atoms. The first kappa shape index (κ1) is 20.6. The monoisotopic (exact) mass is 404 g/mol. The summed E-state index contributed by atoms with van der Waals surface area (Å²) in [5, 5.41) is 3.19. The van der Waals surface area contributed by atoms with Gasteiger partial charge in [-0.3, -0.25) is 9.59 Å². The molecule has 2 amide bonds. The summed E-state index contributed by atoms with van der Waals surface area (Å²) in [5.41, 5.74) is 2.32. The van der Waals surface area contributed by atoms with Gasteiger partial charge in [-0.15, -0.1) is 0 Å². The van der Waals surface area contributed by atoms with Gasteiger partial charge in [-0.25, -0.2) is 0 Å². The molecule has 2 aromatic carbocycles. The maximum Gasteiger partial charge on any atom is 0.225 e. The molecule has 1 aliphatic heterocycles. The van der Waals surface area contributed by atoms with E-state index in [1.807, 2.05) is 60.4 Å². The molecule has 3 unspecified atom stereocenters. The number of hydrogen-bond donors (Lipinski definition) is 1. The maximum atomic E-state index is 13.2. The Hall–Kier alpha value is -2.62. The fraction of sp³-hybridized carbons (Fsp3) is 0.462. The molecule has 2 fully saturated rings. The summed E-state index contributed by atoms with van der Waals surface area (Å²) in [4.78, 5) is 28.4. The Labute approximate surface area is 179 Å². The molecule has 0 radical (unpaired) electrons. The van der Waals surface area contributed by atoms with Crippen LogP contribution in [0.25, 0.3) is 0 Å². The molecule has 3 atom stereocenters. The van der Waals surface area contributed by atoms with E-state index >= 15 is 0 Å². The molecule has 1 N–H and O–H groups in total. The lowest BCUT2D eigenvalue weighted by atomic mass is 9.83. The number of carbonyl (C=O) groups is 2. The highest BCUT2D eigenvalue weighted by atomic mass is 16.2. The molecule has 4 nitrogen and oxygen atoms in total. The van der Waals surface area contributed by atoms with Gasteiger partial charge in [-0.1, -0.05) is 73.5 Å². The Morgan fingerprint density at radius 2 is 1.53 bits per heavy atom. The van der Waals surface area contributed by atoms with Crippen molar-refractivity contribution in [2.75, 3.05) is 13.1 Å². The summed E-state index contributed by atoms with van der Waals surface area (Å²) < 4.78 is 0. The molecule has 0 spiro atoms. The molecule has 4 heteroatoms. The molecule has 1 aliphatic carbocycles. The molecule has 1 saturated carbocycles. The summed E-state index contributed by atoms with van der Waals surface area (Å²) in [6.07, 6.45) is 5.06. The van der Waals surface area contributed by atoms with Crippen LogP contribution in [0.15, 0.2) is 60.7 Å². The van der Waals surface area contributed by atoms with Crippen molar-refractivity contribution in [2.45, 2.75) is 51.0 Å². The van der Waals surface area contributed by atoms with E-state index in [1.165, 1.54) is 5.56 Å². The third-order valence-corrected chi connectivity index (χ3v) is 6.77. The molecule has 1 heterocycles. The molecule has 1 saturated heterocycles. The number of amides is 2. The van der Waals surface area contributed by atoms with Crippen molar-refractivity contribution < 1.29 is 9.59 Å². The third-order valence-electron chi connectivity index (χ3n) is 6.77. The zero-order valence-electron chi connectivity index (χ0n) is 17.8. The van der Waals surface area contributed by atoms with Gasteiger partial charge in [0.1, 0.15) is 0 Å². The first-order valence-corrected chi connectivity index (χ1v) is 11.3. The van der Waals surface area contributed by atoms with Crippen molar-refractivity contribution in [1.82, 2.24) is 10.2 Å². The molecule has 0 aromatic heterocycles. The van der Waals surface area contributed by atoms with Crippen molar-refractivity contribution in [1.29, 1.82) is 0 Å². The summed E-state index contributed by atoms with van der Waals surface area (Å²) in [6, 6.07) is 20.3. The maximum absolute atomic E-state index is 13.2. The summed E-state index contributed by atoms with van der Waals surface area (Å²) in [7, 11) is 0. The van der Waals surface area contributed by atoms with Crippen molar-refractivity contribution >= 4 is 11.8 Å². The Bertz CT molecular complexity index is 846. The second kappa shape index (κ2) is 9.46. The van der Waals surface area contributed by atoms with Crippen molar-refractivity contribution in [2.24, 2.45) is 11.8 Å². The first-order chi connectivity index (χ1) is 14.6. The first-order valence-electron chi connectivity index (χ1n) is 11.3.